The topological polar surface area (TPSA) is 50.5 Å². The molecule has 1 aromatic heterocycles. The Morgan fingerprint density at radius 1 is 0.968 bits per heavy atom. The predicted molar refractivity (Wildman–Crippen MR) is 122 cm³/mol. The third-order valence-corrected chi connectivity index (χ3v) is 6.04. The van der Waals surface area contributed by atoms with Crippen molar-refractivity contribution in [2.24, 2.45) is 0 Å². The van der Waals surface area contributed by atoms with Gasteiger partial charge in [0.2, 0.25) is 5.76 Å². The van der Waals surface area contributed by atoms with Crippen LogP contribution in [0.15, 0.2) is 82.0 Å². The van der Waals surface area contributed by atoms with Crippen LogP contribution in [0.5, 0.6) is 0 Å². The quantitative estimate of drug-likeness (QED) is 0.427. The molecule has 0 bridgehead atoms. The molecule has 1 aliphatic heterocycles. The van der Waals surface area contributed by atoms with Gasteiger partial charge in [-0.2, -0.15) is 0 Å². The Bertz CT molecular complexity index is 1340. The Kier molecular flexibility index (Phi) is 4.87. The summed E-state index contributed by atoms with van der Waals surface area (Å²) in [7, 11) is 0. The lowest BCUT2D eigenvalue weighted by Gasteiger charge is -2.25. The zero-order valence-corrected chi connectivity index (χ0v) is 17.7. The number of rotatable bonds is 4. The average Bonchev–Trinajstić information content (AvgIpc) is 3.06. The molecule has 2 heterocycles. The van der Waals surface area contributed by atoms with Crippen molar-refractivity contribution in [1.29, 1.82) is 0 Å². The van der Waals surface area contributed by atoms with Gasteiger partial charge < -0.3 is 9.32 Å². The number of carbonyl (C=O) groups excluding carboxylic acids is 1. The summed E-state index contributed by atoms with van der Waals surface area (Å²) in [6.07, 6.45) is 0.678. The Balaban J connectivity index is 1.66. The molecule has 4 aromatic rings. The number of hydrogen-bond acceptors (Lipinski definition) is 3. The van der Waals surface area contributed by atoms with Crippen molar-refractivity contribution >= 4 is 28.5 Å². The summed E-state index contributed by atoms with van der Waals surface area (Å²) in [5.74, 6) is -0.125. The van der Waals surface area contributed by atoms with E-state index >= 15 is 0 Å². The van der Waals surface area contributed by atoms with E-state index in [0.717, 1.165) is 16.7 Å². The SMILES string of the molecule is Cc1ccc2oc3c(c(=O)c2c1)C(c1ccc(Cl)cc1)N(CCc1ccccc1)C3=O. The maximum Gasteiger partial charge on any atom is 0.290 e. The molecule has 5 rings (SSSR count). The van der Waals surface area contributed by atoms with Gasteiger partial charge in [0.25, 0.3) is 5.91 Å². The maximum absolute atomic E-state index is 13.5. The van der Waals surface area contributed by atoms with Gasteiger partial charge in [-0.25, -0.2) is 0 Å². The molecule has 31 heavy (non-hydrogen) atoms. The molecule has 0 fully saturated rings. The van der Waals surface area contributed by atoms with E-state index in [9.17, 15) is 9.59 Å². The normalized spacial score (nSPS) is 15.5. The predicted octanol–water partition coefficient (Wildman–Crippen LogP) is 5.54. The van der Waals surface area contributed by atoms with Gasteiger partial charge in [0.05, 0.1) is 17.0 Å². The van der Waals surface area contributed by atoms with Crippen LogP contribution in [0, 0.1) is 6.92 Å². The van der Waals surface area contributed by atoms with E-state index < -0.39 is 6.04 Å². The lowest BCUT2D eigenvalue weighted by molar-refractivity contribution is 0.0730. The van der Waals surface area contributed by atoms with E-state index in [1.165, 1.54) is 0 Å². The van der Waals surface area contributed by atoms with Crippen molar-refractivity contribution in [2.45, 2.75) is 19.4 Å². The van der Waals surface area contributed by atoms with Crippen LogP contribution in [-0.4, -0.2) is 17.4 Å². The van der Waals surface area contributed by atoms with Crippen LogP contribution >= 0.6 is 11.6 Å². The van der Waals surface area contributed by atoms with Gasteiger partial charge in [-0.05, 0) is 48.7 Å². The summed E-state index contributed by atoms with van der Waals surface area (Å²) in [5.41, 5.74) is 3.61. The van der Waals surface area contributed by atoms with Crippen LogP contribution < -0.4 is 5.43 Å². The second-order valence-corrected chi connectivity index (χ2v) is 8.30. The molecule has 4 nitrogen and oxygen atoms in total. The monoisotopic (exact) mass is 429 g/mol. The van der Waals surface area contributed by atoms with Crippen LogP contribution in [0.4, 0.5) is 0 Å². The van der Waals surface area contributed by atoms with E-state index in [1.54, 1.807) is 23.1 Å². The van der Waals surface area contributed by atoms with Crippen molar-refractivity contribution in [1.82, 2.24) is 4.90 Å². The Labute approximate surface area is 184 Å². The second kappa shape index (κ2) is 7.71. The largest absolute Gasteiger partial charge is 0.450 e. The third-order valence-electron chi connectivity index (χ3n) is 5.79. The van der Waals surface area contributed by atoms with Crippen LogP contribution in [0.3, 0.4) is 0 Å². The smallest absolute Gasteiger partial charge is 0.290 e. The number of hydrogen-bond donors (Lipinski definition) is 0. The highest BCUT2D eigenvalue weighted by atomic mass is 35.5. The number of fused-ring (bicyclic) bond motifs is 2. The molecule has 1 unspecified atom stereocenters. The van der Waals surface area contributed by atoms with E-state index in [0.29, 0.717) is 34.5 Å². The van der Waals surface area contributed by atoms with Gasteiger partial charge in [-0.3, -0.25) is 9.59 Å². The van der Waals surface area contributed by atoms with E-state index in [-0.39, 0.29) is 17.1 Å². The van der Waals surface area contributed by atoms with Crippen molar-refractivity contribution in [3.8, 4) is 0 Å². The van der Waals surface area contributed by atoms with Gasteiger partial charge in [-0.15, -0.1) is 0 Å². The molecule has 1 amide bonds. The summed E-state index contributed by atoms with van der Waals surface area (Å²) in [4.78, 5) is 28.7. The molecule has 154 valence electrons. The molecule has 0 radical (unpaired) electrons. The molecule has 0 saturated heterocycles. The zero-order valence-electron chi connectivity index (χ0n) is 17.0. The van der Waals surface area contributed by atoms with Gasteiger partial charge in [-0.1, -0.05) is 65.7 Å². The molecular weight excluding hydrogens is 410 g/mol. The summed E-state index contributed by atoms with van der Waals surface area (Å²) >= 11 is 6.09. The van der Waals surface area contributed by atoms with Gasteiger partial charge >= 0.3 is 0 Å². The lowest BCUT2D eigenvalue weighted by atomic mass is 9.98. The molecular formula is C26H20ClNO3. The average molecular weight is 430 g/mol. The van der Waals surface area contributed by atoms with E-state index in [1.807, 2.05) is 61.5 Å². The lowest BCUT2D eigenvalue weighted by Crippen LogP contribution is -2.31. The summed E-state index contributed by atoms with van der Waals surface area (Å²) in [6.45, 7) is 2.40. The number of halogens is 1. The first-order valence-electron chi connectivity index (χ1n) is 10.2. The number of aryl methyl sites for hydroxylation is 1. The van der Waals surface area contributed by atoms with Crippen LogP contribution in [0.25, 0.3) is 11.0 Å². The zero-order chi connectivity index (χ0) is 21.5. The first kappa shape index (κ1) is 19.6. The highest BCUT2D eigenvalue weighted by molar-refractivity contribution is 6.30. The minimum absolute atomic E-state index is 0.134. The molecule has 0 spiro atoms. The number of amides is 1. The molecule has 1 aliphatic rings. The van der Waals surface area contributed by atoms with Gasteiger partial charge in [0, 0.05) is 11.6 Å². The maximum atomic E-state index is 13.5. The number of carbonyl (C=O) groups is 1. The molecule has 5 heteroatoms. The van der Waals surface area contributed by atoms with Gasteiger partial charge in [0.1, 0.15) is 5.58 Å². The Morgan fingerprint density at radius 2 is 1.71 bits per heavy atom. The van der Waals surface area contributed by atoms with Crippen LogP contribution in [-0.2, 0) is 6.42 Å². The molecule has 3 aromatic carbocycles. The van der Waals surface area contributed by atoms with E-state index in [4.69, 9.17) is 16.0 Å². The van der Waals surface area contributed by atoms with Crippen molar-refractivity contribution in [3.05, 3.63) is 116 Å². The minimum atomic E-state index is -0.510. The Morgan fingerprint density at radius 3 is 2.45 bits per heavy atom. The van der Waals surface area contributed by atoms with Crippen molar-refractivity contribution in [2.75, 3.05) is 6.54 Å². The fraction of sp³-hybridized carbons (Fsp3) is 0.154. The first-order chi connectivity index (χ1) is 15.0. The first-order valence-corrected chi connectivity index (χ1v) is 10.6. The summed E-state index contributed by atoms with van der Waals surface area (Å²) < 4.78 is 5.99. The fourth-order valence-electron chi connectivity index (χ4n) is 4.25. The summed E-state index contributed by atoms with van der Waals surface area (Å²) in [5, 5.41) is 1.10. The van der Waals surface area contributed by atoms with Crippen LogP contribution in [0.2, 0.25) is 5.02 Å². The van der Waals surface area contributed by atoms with Crippen molar-refractivity contribution in [3.63, 3.8) is 0 Å². The third kappa shape index (κ3) is 3.43. The van der Waals surface area contributed by atoms with E-state index in [2.05, 4.69) is 0 Å². The molecule has 0 saturated carbocycles. The summed E-state index contributed by atoms with van der Waals surface area (Å²) in [6, 6.07) is 22.2. The standard InChI is InChI=1S/C26H20ClNO3/c1-16-7-12-21-20(15-16)24(29)22-23(18-8-10-19(27)11-9-18)28(26(30)25(22)31-21)14-13-17-5-3-2-4-6-17/h2-12,15,23H,13-14H2,1H3. The second-order valence-electron chi connectivity index (χ2n) is 7.86. The Hall–Kier alpha value is -3.37. The molecule has 1 atom stereocenters. The number of nitrogens with zero attached hydrogens (tertiary/aromatic N) is 1. The fourth-order valence-corrected chi connectivity index (χ4v) is 4.38. The molecule has 0 N–H and O–H groups in total. The highest BCUT2D eigenvalue weighted by Gasteiger charge is 2.42. The molecule has 0 aliphatic carbocycles. The van der Waals surface area contributed by atoms with Crippen molar-refractivity contribution < 1.29 is 9.21 Å². The minimum Gasteiger partial charge on any atom is -0.450 e. The number of benzene rings is 3. The van der Waals surface area contributed by atoms with Crippen LogP contribution in [0.1, 0.15) is 38.9 Å². The van der Waals surface area contributed by atoms with Gasteiger partial charge in [0.15, 0.2) is 5.43 Å². The highest BCUT2D eigenvalue weighted by Crippen LogP contribution is 2.38.